The Labute approximate surface area is 134 Å². The third-order valence-electron chi connectivity index (χ3n) is 4.65. The molecule has 22 heavy (non-hydrogen) atoms. The first-order chi connectivity index (χ1) is 10.6. The summed E-state index contributed by atoms with van der Waals surface area (Å²) in [6, 6.07) is 0.0502. The third kappa shape index (κ3) is 5.29. The number of urea groups is 1. The van der Waals surface area contributed by atoms with Crippen LogP contribution in [0.3, 0.4) is 0 Å². The van der Waals surface area contributed by atoms with Gasteiger partial charge in [0.2, 0.25) is 0 Å². The SMILES string of the molecule is C=CCNC(=O)N1CCC(CCN2CC(C)OC(C)C2)CC1. The lowest BCUT2D eigenvalue weighted by atomic mass is 9.93. The van der Waals surface area contributed by atoms with Gasteiger partial charge in [-0.1, -0.05) is 6.08 Å². The molecule has 2 saturated heterocycles. The molecule has 1 N–H and O–H groups in total. The Morgan fingerprint density at radius 2 is 1.91 bits per heavy atom. The lowest BCUT2D eigenvalue weighted by Gasteiger charge is -2.37. The monoisotopic (exact) mass is 309 g/mol. The van der Waals surface area contributed by atoms with Crippen LogP contribution in [-0.2, 0) is 4.74 Å². The average molecular weight is 309 g/mol. The topological polar surface area (TPSA) is 44.8 Å². The minimum Gasteiger partial charge on any atom is -0.373 e. The van der Waals surface area contributed by atoms with Gasteiger partial charge in [-0.2, -0.15) is 0 Å². The highest BCUT2D eigenvalue weighted by Crippen LogP contribution is 2.22. The molecule has 2 fully saturated rings. The highest BCUT2D eigenvalue weighted by Gasteiger charge is 2.25. The van der Waals surface area contributed by atoms with E-state index in [-0.39, 0.29) is 6.03 Å². The fraction of sp³-hybridized carbons (Fsp3) is 0.824. The normalized spacial score (nSPS) is 27.6. The van der Waals surface area contributed by atoms with Gasteiger partial charge in [-0.05, 0) is 45.6 Å². The van der Waals surface area contributed by atoms with Crippen LogP contribution in [0.15, 0.2) is 12.7 Å². The van der Waals surface area contributed by atoms with Gasteiger partial charge in [-0.15, -0.1) is 6.58 Å². The second-order valence-corrected chi connectivity index (χ2v) is 6.71. The predicted molar refractivity (Wildman–Crippen MR) is 89.0 cm³/mol. The van der Waals surface area contributed by atoms with Gasteiger partial charge < -0.3 is 15.0 Å². The number of nitrogens with zero attached hydrogens (tertiary/aromatic N) is 2. The van der Waals surface area contributed by atoms with Crippen molar-refractivity contribution in [2.24, 2.45) is 5.92 Å². The van der Waals surface area contributed by atoms with Gasteiger partial charge in [-0.3, -0.25) is 4.90 Å². The van der Waals surface area contributed by atoms with E-state index in [1.807, 2.05) is 4.90 Å². The van der Waals surface area contributed by atoms with Crippen molar-refractivity contribution in [3.05, 3.63) is 12.7 Å². The molecule has 2 atom stereocenters. The van der Waals surface area contributed by atoms with Gasteiger partial charge in [-0.25, -0.2) is 4.79 Å². The maximum Gasteiger partial charge on any atom is 0.317 e. The van der Waals surface area contributed by atoms with Crippen LogP contribution in [0.4, 0.5) is 4.79 Å². The maximum atomic E-state index is 11.9. The molecule has 0 aromatic heterocycles. The summed E-state index contributed by atoms with van der Waals surface area (Å²) in [6.45, 7) is 13.5. The zero-order valence-corrected chi connectivity index (χ0v) is 14.1. The van der Waals surface area contributed by atoms with E-state index in [4.69, 9.17) is 4.74 Å². The molecular weight excluding hydrogens is 278 g/mol. The van der Waals surface area contributed by atoms with Crippen molar-refractivity contribution < 1.29 is 9.53 Å². The number of ether oxygens (including phenoxy) is 1. The van der Waals surface area contributed by atoms with E-state index in [9.17, 15) is 4.79 Å². The Morgan fingerprint density at radius 1 is 1.27 bits per heavy atom. The molecule has 2 amide bonds. The van der Waals surface area contributed by atoms with Crippen LogP contribution in [-0.4, -0.2) is 67.3 Å². The number of likely N-dealkylation sites (tertiary alicyclic amines) is 1. The van der Waals surface area contributed by atoms with Crippen molar-refractivity contribution in [3.63, 3.8) is 0 Å². The molecule has 2 aliphatic rings. The molecule has 5 heteroatoms. The molecule has 0 spiro atoms. The summed E-state index contributed by atoms with van der Waals surface area (Å²) in [7, 11) is 0. The summed E-state index contributed by atoms with van der Waals surface area (Å²) in [4.78, 5) is 16.3. The first-order valence-corrected chi connectivity index (χ1v) is 8.60. The van der Waals surface area contributed by atoms with Gasteiger partial charge in [0.1, 0.15) is 0 Å². The Balaban J connectivity index is 1.65. The smallest absolute Gasteiger partial charge is 0.317 e. The number of rotatable bonds is 5. The molecule has 0 radical (unpaired) electrons. The molecule has 2 heterocycles. The van der Waals surface area contributed by atoms with Gasteiger partial charge in [0, 0.05) is 32.7 Å². The average Bonchev–Trinajstić information content (AvgIpc) is 2.50. The fourth-order valence-corrected chi connectivity index (χ4v) is 3.53. The van der Waals surface area contributed by atoms with Crippen molar-refractivity contribution in [1.82, 2.24) is 15.1 Å². The van der Waals surface area contributed by atoms with Crippen LogP contribution in [0.5, 0.6) is 0 Å². The van der Waals surface area contributed by atoms with Crippen molar-refractivity contribution >= 4 is 6.03 Å². The Kier molecular flexibility index (Phi) is 6.70. The molecule has 0 aromatic carbocycles. The van der Waals surface area contributed by atoms with Crippen LogP contribution in [0, 0.1) is 5.92 Å². The number of carbonyl (C=O) groups is 1. The molecule has 2 rings (SSSR count). The van der Waals surface area contributed by atoms with E-state index in [1.165, 1.54) is 6.42 Å². The molecule has 0 aliphatic carbocycles. The van der Waals surface area contributed by atoms with E-state index in [0.29, 0.717) is 18.8 Å². The number of hydrogen-bond acceptors (Lipinski definition) is 3. The van der Waals surface area contributed by atoms with Crippen LogP contribution in [0.1, 0.15) is 33.1 Å². The molecule has 5 nitrogen and oxygen atoms in total. The second-order valence-electron chi connectivity index (χ2n) is 6.71. The van der Waals surface area contributed by atoms with Crippen LogP contribution in [0.2, 0.25) is 0 Å². The summed E-state index contributed by atoms with van der Waals surface area (Å²) >= 11 is 0. The summed E-state index contributed by atoms with van der Waals surface area (Å²) < 4.78 is 5.78. The fourth-order valence-electron chi connectivity index (χ4n) is 3.53. The number of hydrogen-bond donors (Lipinski definition) is 1. The molecular formula is C17H31N3O2. The molecule has 0 aromatic rings. The summed E-state index contributed by atoms with van der Waals surface area (Å²) in [6.07, 6.45) is 5.89. The highest BCUT2D eigenvalue weighted by molar-refractivity contribution is 5.74. The second kappa shape index (κ2) is 8.53. The largest absolute Gasteiger partial charge is 0.373 e. The minimum atomic E-state index is 0.0502. The van der Waals surface area contributed by atoms with Crippen molar-refractivity contribution in [2.45, 2.75) is 45.3 Å². The number of morpholine rings is 1. The third-order valence-corrected chi connectivity index (χ3v) is 4.65. The Morgan fingerprint density at radius 3 is 2.50 bits per heavy atom. The molecule has 0 bridgehead atoms. The first kappa shape index (κ1) is 17.3. The highest BCUT2D eigenvalue weighted by atomic mass is 16.5. The zero-order valence-electron chi connectivity index (χ0n) is 14.1. The van der Waals surface area contributed by atoms with E-state index >= 15 is 0 Å². The number of amides is 2. The molecule has 126 valence electrons. The number of piperidine rings is 1. The lowest BCUT2D eigenvalue weighted by Crippen LogP contribution is -2.47. The van der Waals surface area contributed by atoms with E-state index in [0.717, 1.165) is 51.5 Å². The van der Waals surface area contributed by atoms with Crippen molar-refractivity contribution in [1.29, 1.82) is 0 Å². The summed E-state index contributed by atoms with van der Waals surface area (Å²) in [5, 5.41) is 2.86. The summed E-state index contributed by atoms with van der Waals surface area (Å²) in [5.74, 6) is 0.747. The Bertz CT molecular complexity index is 357. The number of nitrogens with one attached hydrogen (secondary N) is 1. The zero-order chi connectivity index (χ0) is 15.9. The van der Waals surface area contributed by atoms with Crippen LogP contribution < -0.4 is 5.32 Å². The van der Waals surface area contributed by atoms with Gasteiger partial charge in [0.25, 0.3) is 0 Å². The Hall–Kier alpha value is -1.07. The molecule has 2 aliphatic heterocycles. The van der Waals surface area contributed by atoms with Gasteiger partial charge in [0.05, 0.1) is 12.2 Å². The van der Waals surface area contributed by atoms with Gasteiger partial charge >= 0.3 is 6.03 Å². The quantitative estimate of drug-likeness (QED) is 0.791. The van der Waals surface area contributed by atoms with Crippen molar-refractivity contribution in [3.8, 4) is 0 Å². The van der Waals surface area contributed by atoms with E-state index in [1.54, 1.807) is 6.08 Å². The number of carbonyl (C=O) groups excluding carboxylic acids is 1. The van der Waals surface area contributed by atoms with Crippen LogP contribution in [0.25, 0.3) is 0 Å². The van der Waals surface area contributed by atoms with Gasteiger partial charge in [0.15, 0.2) is 0 Å². The minimum absolute atomic E-state index is 0.0502. The standard InChI is InChI=1S/C17H31N3O2/c1-4-8-18-17(21)20-10-6-16(7-11-20)5-9-19-12-14(2)22-15(3)13-19/h4,14-16H,1,5-13H2,2-3H3,(H,18,21). The van der Waals surface area contributed by atoms with E-state index in [2.05, 4.69) is 30.6 Å². The van der Waals surface area contributed by atoms with E-state index < -0.39 is 0 Å². The predicted octanol–water partition coefficient (Wildman–Crippen LogP) is 2.09. The summed E-state index contributed by atoms with van der Waals surface area (Å²) in [5.41, 5.74) is 0. The maximum absolute atomic E-state index is 11.9. The molecule has 2 unspecified atom stereocenters. The first-order valence-electron chi connectivity index (χ1n) is 8.60. The lowest BCUT2D eigenvalue weighted by molar-refractivity contribution is -0.0692. The molecule has 0 saturated carbocycles. The van der Waals surface area contributed by atoms with Crippen LogP contribution >= 0.6 is 0 Å². The van der Waals surface area contributed by atoms with Crippen molar-refractivity contribution in [2.75, 3.05) is 39.3 Å².